The lowest BCUT2D eigenvalue weighted by Crippen LogP contribution is -2.13. The number of rotatable bonds is 1. The summed E-state index contributed by atoms with van der Waals surface area (Å²) in [6, 6.07) is 5.75. The molecule has 0 saturated heterocycles. The van der Waals surface area contributed by atoms with Crippen LogP contribution in [0.5, 0.6) is 0 Å². The molecule has 1 aromatic carbocycles. The summed E-state index contributed by atoms with van der Waals surface area (Å²) < 4.78 is 0. The summed E-state index contributed by atoms with van der Waals surface area (Å²) >= 11 is 0. The lowest BCUT2D eigenvalue weighted by molar-refractivity contribution is 0.1000. The van der Waals surface area contributed by atoms with Gasteiger partial charge in [0.15, 0.2) is 0 Å². The van der Waals surface area contributed by atoms with E-state index in [1.165, 1.54) is 16.7 Å². The van der Waals surface area contributed by atoms with Gasteiger partial charge in [-0.1, -0.05) is 17.7 Å². The maximum atomic E-state index is 11.2. The first-order valence-electron chi connectivity index (χ1n) is 4.69. The minimum atomic E-state index is -0.337. The van der Waals surface area contributed by atoms with Crippen LogP contribution in [0.25, 0.3) is 5.57 Å². The minimum absolute atomic E-state index is 0.337. The van der Waals surface area contributed by atoms with Crippen molar-refractivity contribution in [2.75, 3.05) is 0 Å². The third-order valence-electron chi connectivity index (χ3n) is 2.89. The lowest BCUT2D eigenvalue weighted by Gasteiger charge is -2.06. The summed E-state index contributed by atoms with van der Waals surface area (Å²) in [5.74, 6) is -0.337. The molecular formula is C12H13NO. The van der Waals surface area contributed by atoms with E-state index in [4.69, 9.17) is 5.73 Å². The number of hydrogen-bond donors (Lipinski definition) is 1. The highest BCUT2D eigenvalue weighted by Gasteiger charge is 2.20. The van der Waals surface area contributed by atoms with Gasteiger partial charge in [0, 0.05) is 5.56 Å². The largest absolute Gasteiger partial charge is 0.366 e. The number of hydrogen-bond acceptors (Lipinski definition) is 1. The van der Waals surface area contributed by atoms with Gasteiger partial charge < -0.3 is 5.73 Å². The Labute approximate surface area is 83.4 Å². The zero-order valence-corrected chi connectivity index (χ0v) is 8.42. The third kappa shape index (κ3) is 1.15. The molecule has 1 aromatic rings. The predicted octanol–water partition coefficient (Wildman–Crippen LogP) is 2.13. The maximum Gasteiger partial charge on any atom is 0.249 e. The normalized spacial score (nSPS) is 14.4. The van der Waals surface area contributed by atoms with Gasteiger partial charge in [0.25, 0.3) is 0 Å². The Hall–Kier alpha value is -1.57. The zero-order chi connectivity index (χ0) is 10.3. The average molecular weight is 187 g/mol. The van der Waals surface area contributed by atoms with Gasteiger partial charge in [0.2, 0.25) is 5.91 Å². The molecule has 1 amide bonds. The Morgan fingerprint density at radius 1 is 1.36 bits per heavy atom. The van der Waals surface area contributed by atoms with Crippen LogP contribution in [0.2, 0.25) is 0 Å². The molecule has 1 aliphatic carbocycles. The second kappa shape index (κ2) is 2.98. The monoisotopic (exact) mass is 187 g/mol. The van der Waals surface area contributed by atoms with Crippen molar-refractivity contribution in [3.63, 3.8) is 0 Å². The van der Waals surface area contributed by atoms with E-state index in [0.717, 1.165) is 12.0 Å². The van der Waals surface area contributed by atoms with E-state index in [1.54, 1.807) is 6.07 Å². The van der Waals surface area contributed by atoms with Gasteiger partial charge in [0.05, 0.1) is 0 Å². The fourth-order valence-electron chi connectivity index (χ4n) is 2.03. The first kappa shape index (κ1) is 9.00. The van der Waals surface area contributed by atoms with Crippen molar-refractivity contribution < 1.29 is 4.79 Å². The Morgan fingerprint density at radius 3 is 2.71 bits per heavy atom. The van der Waals surface area contributed by atoms with E-state index in [2.05, 4.69) is 13.0 Å². The van der Waals surface area contributed by atoms with Crippen LogP contribution in [0.1, 0.15) is 35.3 Å². The number of carbonyl (C=O) groups excluding carboxylic acids is 1. The topological polar surface area (TPSA) is 43.1 Å². The van der Waals surface area contributed by atoms with Gasteiger partial charge >= 0.3 is 0 Å². The van der Waals surface area contributed by atoms with Crippen molar-refractivity contribution >= 4 is 11.5 Å². The summed E-state index contributed by atoms with van der Waals surface area (Å²) in [5.41, 5.74) is 10.8. The Kier molecular flexibility index (Phi) is 1.92. The molecule has 0 bridgehead atoms. The van der Waals surface area contributed by atoms with Gasteiger partial charge in [-0.25, -0.2) is 0 Å². The van der Waals surface area contributed by atoms with Crippen molar-refractivity contribution in [2.24, 2.45) is 5.73 Å². The van der Waals surface area contributed by atoms with E-state index in [1.807, 2.05) is 13.0 Å². The van der Waals surface area contributed by atoms with Crippen molar-refractivity contribution in [1.82, 2.24) is 0 Å². The average Bonchev–Trinajstić information content (AvgIpc) is 2.43. The molecule has 0 radical (unpaired) electrons. The molecule has 0 heterocycles. The number of nitrogens with two attached hydrogens (primary N) is 1. The summed E-state index contributed by atoms with van der Waals surface area (Å²) in [6.07, 6.45) is 0.947. The second-order valence-corrected chi connectivity index (χ2v) is 3.79. The predicted molar refractivity (Wildman–Crippen MR) is 56.9 cm³/mol. The van der Waals surface area contributed by atoms with Crippen LogP contribution < -0.4 is 5.73 Å². The van der Waals surface area contributed by atoms with Crippen LogP contribution >= 0.6 is 0 Å². The summed E-state index contributed by atoms with van der Waals surface area (Å²) in [5, 5.41) is 0. The van der Waals surface area contributed by atoms with E-state index < -0.39 is 0 Å². The van der Waals surface area contributed by atoms with Crippen molar-refractivity contribution in [3.8, 4) is 0 Å². The van der Waals surface area contributed by atoms with Crippen molar-refractivity contribution in [1.29, 1.82) is 0 Å². The van der Waals surface area contributed by atoms with Crippen LogP contribution in [-0.2, 0) is 6.42 Å². The molecule has 0 aliphatic heterocycles. The molecule has 2 nitrogen and oxygen atoms in total. The molecule has 72 valence electrons. The Morgan fingerprint density at radius 2 is 2.07 bits per heavy atom. The van der Waals surface area contributed by atoms with Gasteiger partial charge in [-0.2, -0.15) is 0 Å². The molecule has 0 spiro atoms. The maximum absolute atomic E-state index is 11.2. The van der Waals surface area contributed by atoms with Crippen molar-refractivity contribution in [2.45, 2.75) is 20.3 Å². The third-order valence-corrected chi connectivity index (χ3v) is 2.89. The van der Waals surface area contributed by atoms with E-state index in [9.17, 15) is 4.79 Å². The number of fused-ring (bicyclic) bond motifs is 1. The first-order chi connectivity index (χ1) is 6.61. The number of amides is 1. The Bertz CT molecular complexity index is 444. The molecule has 0 aromatic heterocycles. The standard InChI is InChI=1S/C12H13NO/c1-7-6-9-4-3-5-10(12(13)14)11(9)8(7)2/h3-5H,6H2,1-2H3,(H2,13,14). The molecule has 2 rings (SSSR count). The molecule has 14 heavy (non-hydrogen) atoms. The van der Waals surface area contributed by atoms with E-state index in [0.29, 0.717) is 5.56 Å². The Balaban J connectivity index is 2.68. The molecule has 0 fully saturated rings. The SMILES string of the molecule is CC1=C(C)c2c(cccc2C(N)=O)C1. The highest BCUT2D eigenvalue weighted by atomic mass is 16.1. The van der Waals surface area contributed by atoms with Gasteiger partial charge in [-0.15, -0.1) is 0 Å². The van der Waals surface area contributed by atoms with Crippen LogP contribution in [0, 0.1) is 0 Å². The van der Waals surface area contributed by atoms with E-state index >= 15 is 0 Å². The van der Waals surface area contributed by atoms with Crippen molar-refractivity contribution in [3.05, 3.63) is 40.5 Å². The molecular weight excluding hydrogens is 174 g/mol. The fourth-order valence-corrected chi connectivity index (χ4v) is 2.03. The van der Waals surface area contributed by atoms with Gasteiger partial charge in [-0.3, -0.25) is 4.79 Å². The highest BCUT2D eigenvalue weighted by Crippen LogP contribution is 2.34. The fraction of sp³-hybridized carbons (Fsp3) is 0.250. The lowest BCUT2D eigenvalue weighted by atomic mass is 9.99. The second-order valence-electron chi connectivity index (χ2n) is 3.79. The molecule has 0 saturated carbocycles. The molecule has 2 N–H and O–H groups in total. The smallest absolute Gasteiger partial charge is 0.249 e. The number of carbonyl (C=O) groups is 1. The number of benzene rings is 1. The highest BCUT2D eigenvalue weighted by molar-refractivity contribution is 5.99. The molecule has 0 atom stereocenters. The summed E-state index contributed by atoms with van der Waals surface area (Å²) in [7, 11) is 0. The summed E-state index contributed by atoms with van der Waals surface area (Å²) in [4.78, 5) is 11.2. The zero-order valence-electron chi connectivity index (χ0n) is 8.42. The minimum Gasteiger partial charge on any atom is -0.366 e. The molecule has 0 unspecified atom stereocenters. The number of allylic oxidation sites excluding steroid dienone is 2. The van der Waals surface area contributed by atoms with Gasteiger partial charge in [0.1, 0.15) is 0 Å². The molecule has 2 heteroatoms. The molecule has 1 aliphatic rings. The summed E-state index contributed by atoms with van der Waals surface area (Å²) in [6.45, 7) is 4.15. The van der Waals surface area contributed by atoms with Crippen LogP contribution in [0.3, 0.4) is 0 Å². The van der Waals surface area contributed by atoms with Gasteiger partial charge in [-0.05, 0) is 43.0 Å². The van der Waals surface area contributed by atoms with Crippen LogP contribution in [-0.4, -0.2) is 5.91 Å². The van der Waals surface area contributed by atoms with E-state index in [-0.39, 0.29) is 5.91 Å². The first-order valence-corrected chi connectivity index (χ1v) is 4.69. The van der Waals surface area contributed by atoms with Crippen LogP contribution in [0.4, 0.5) is 0 Å². The quantitative estimate of drug-likeness (QED) is 0.719. The number of primary amides is 1. The van der Waals surface area contributed by atoms with Crippen LogP contribution in [0.15, 0.2) is 23.8 Å².